The van der Waals surface area contributed by atoms with Crippen molar-refractivity contribution in [2.45, 2.75) is 38.6 Å². The zero-order valence-electron chi connectivity index (χ0n) is 11.0. The molecule has 1 unspecified atom stereocenters. The lowest BCUT2D eigenvalue weighted by atomic mass is 10.0. The Balaban J connectivity index is 2.56. The number of rotatable bonds is 4. The van der Waals surface area contributed by atoms with Crippen LogP contribution >= 0.6 is 0 Å². The fourth-order valence-electron chi connectivity index (χ4n) is 2.02. The second kappa shape index (κ2) is 6.42. The van der Waals surface area contributed by atoms with Gasteiger partial charge in [-0.2, -0.15) is 0 Å². The molecule has 1 aliphatic heterocycles. The van der Waals surface area contributed by atoms with Gasteiger partial charge in [-0.15, -0.1) is 0 Å². The van der Waals surface area contributed by atoms with Crippen molar-refractivity contribution in [1.82, 2.24) is 9.80 Å². The summed E-state index contributed by atoms with van der Waals surface area (Å²) in [5.41, 5.74) is 0. The molecular formula is C13H22N2O2. The molecule has 0 aromatic rings. The summed E-state index contributed by atoms with van der Waals surface area (Å²) in [4.78, 5) is 27.0. The van der Waals surface area contributed by atoms with E-state index in [4.69, 9.17) is 0 Å². The highest BCUT2D eigenvalue weighted by Gasteiger charge is 2.31. The first kappa shape index (κ1) is 13.7. The topological polar surface area (TPSA) is 40.6 Å². The quantitative estimate of drug-likeness (QED) is 0.695. The summed E-state index contributed by atoms with van der Waals surface area (Å²) in [6.45, 7) is 2.68. The van der Waals surface area contributed by atoms with Gasteiger partial charge in [-0.1, -0.05) is 19.1 Å². The first-order chi connectivity index (χ1) is 8.07. The summed E-state index contributed by atoms with van der Waals surface area (Å²) in [6.07, 6.45) is 7.17. The molecule has 1 atom stereocenters. The molecule has 1 saturated heterocycles. The first-order valence-corrected chi connectivity index (χ1v) is 6.23. The van der Waals surface area contributed by atoms with Crippen molar-refractivity contribution in [3.8, 4) is 0 Å². The molecule has 0 aliphatic carbocycles. The fourth-order valence-corrected chi connectivity index (χ4v) is 2.02. The van der Waals surface area contributed by atoms with Crippen LogP contribution < -0.4 is 0 Å². The number of hydrogen-bond acceptors (Lipinski definition) is 2. The SMILES string of the molecule is CC/C=C/CN(C)C(=O)C1CCCC(=O)N1C. The second-order valence-corrected chi connectivity index (χ2v) is 4.51. The van der Waals surface area contributed by atoms with Crippen LogP contribution in [0.25, 0.3) is 0 Å². The van der Waals surface area contributed by atoms with E-state index >= 15 is 0 Å². The number of piperidine rings is 1. The molecule has 4 nitrogen and oxygen atoms in total. The number of hydrogen-bond donors (Lipinski definition) is 0. The third-order valence-electron chi connectivity index (χ3n) is 3.17. The van der Waals surface area contributed by atoms with Gasteiger partial charge in [0, 0.05) is 27.1 Å². The van der Waals surface area contributed by atoms with E-state index in [1.165, 1.54) is 0 Å². The van der Waals surface area contributed by atoms with Crippen molar-refractivity contribution in [2.75, 3.05) is 20.6 Å². The van der Waals surface area contributed by atoms with E-state index < -0.39 is 0 Å². The predicted molar refractivity (Wildman–Crippen MR) is 67.5 cm³/mol. The minimum Gasteiger partial charge on any atom is -0.340 e. The number of carbonyl (C=O) groups excluding carboxylic acids is 2. The van der Waals surface area contributed by atoms with E-state index in [2.05, 4.69) is 6.92 Å². The Morgan fingerprint density at radius 2 is 2.24 bits per heavy atom. The average molecular weight is 238 g/mol. The van der Waals surface area contributed by atoms with Gasteiger partial charge in [-0.05, 0) is 19.3 Å². The third-order valence-corrected chi connectivity index (χ3v) is 3.17. The van der Waals surface area contributed by atoms with Gasteiger partial charge in [0.1, 0.15) is 6.04 Å². The summed E-state index contributed by atoms with van der Waals surface area (Å²) in [6, 6.07) is -0.267. The van der Waals surface area contributed by atoms with Gasteiger partial charge in [0.15, 0.2) is 0 Å². The standard InChI is InChI=1S/C13H22N2O2/c1-4-5-6-10-14(2)13(17)11-8-7-9-12(16)15(11)3/h5-6,11H,4,7-10H2,1-3H3/b6-5+. The summed E-state index contributed by atoms with van der Waals surface area (Å²) < 4.78 is 0. The van der Waals surface area contributed by atoms with Gasteiger partial charge in [0.2, 0.25) is 11.8 Å². The van der Waals surface area contributed by atoms with Crippen LogP contribution in [0, 0.1) is 0 Å². The van der Waals surface area contributed by atoms with E-state index in [9.17, 15) is 9.59 Å². The molecule has 17 heavy (non-hydrogen) atoms. The molecule has 0 radical (unpaired) electrons. The Hall–Kier alpha value is -1.32. The van der Waals surface area contributed by atoms with Crippen LogP contribution in [0.4, 0.5) is 0 Å². The zero-order chi connectivity index (χ0) is 12.8. The Kier molecular flexibility index (Phi) is 5.19. The predicted octanol–water partition coefficient (Wildman–Crippen LogP) is 1.42. The van der Waals surface area contributed by atoms with Gasteiger partial charge in [0.05, 0.1) is 0 Å². The lowest BCUT2D eigenvalue weighted by Gasteiger charge is -2.33. The van der Waals surface area contributed by atoms with Crippen LogP contribution in [-0.4, -0.2) is 48.3 Å². The summed E-state index contributed by atoms with van der Waals surface area (Å²) >= 11 is 0. The highest BCUT2D eigenvalue weighted by atomic mass is 16.2. The molecule has 0 saturated carbocycles. The fraction of sp³-hybridized carbons (Fsp3) is 0.692. The molecule has 1 heterocycles. The number of carbonyl (C=O) groups is 2. The van der Waals surface area contributed by atoms with Crippen molar-refractivity contribution in [3.63, 3.8) is 0 Å². The van der Waals surface area contributed by atoms with Gasteiger partial charge in [-0.25, -0.2) is 0 Å². The molecule has 0 aromatic heterocycles. The Bertz CT molecular complexity index is 313. The van der Waals surface area contributed by atoms with E-state index in [0.29, 0.717) is 13.0 Å². The van der Waals surface area contributed by atoms with Crippen LogP contribution in [0.3, 0.4) is 0 Å². The molecule has 2 amide bonds. The van der Waals surface area contributed by atoms with Crippen LogP contribution in [-0.2, 0) is 9.59 Å². The third kappa shape index (κ3) is 3.58. The van der Waals surface area contributed by atoms with Crippen LogP contribution in [0.1, 0.15) is 32.6 Å². The smallest absolute Gasteiger partial charge is 0.245 e. The Labute approximate surface area is 103 Å². The van der Waals surface area contributed by atoms with Crippen LogP contribution in [0.5, 0.6) is 0 Å². The minimum absolute atomic E-state index is 0.0429. The molecule has 0 N–H and O–H groups in total. The van der Waals surface area contributed by atoms with Gasteiger partial charge in [-0.3, -0.25) is 9.59 Å². The molecule has 4 heteroatoms. The minimum atomic E-state index is -0.267. The summed E-state index contributed by atoms with van der Waals surface area (Å²) in [5.74, 6) is 0.119. The molecule has 1 aliphatic rings. The number of amides is 2. The van der Waals surface area contributed by atoms with Gasteiger partial charge >= 0.3 is 0 Å². The lowest BCUT2D eigenvalue weighted by molar-refractivity contribution is -0.146. The summed E-state index contributed by atoms with van der Waals surface area (Å²) in [5, 5.41) is 0. The van der Waals surface area contributed by atoms with Gasteiger partial charge in [0.25, 0.3) is 0 Å². The second-order valence-electron chi connectivity index (χ2n) is 4.51. The summed E-state index contributed by atoms with van der Waals surface area (Å²) in [7, 11) is 3.51. The molecule has 0 bridgehead atoms. The van der Waals surface area contributed by atoms with E-state index in [1.807, 2.05) is 12.2 Å². The molecule has 96 valence electrons. The monoisotopic (exact) mass is 238 g/mol. The zero-order valence-corrected chi connectivity index (χ0v) is 11.0. The molecule has 1 rings (SSSR count). The average Bonchev–Trinajstić information content (AvgIpc) is 2.32. The Morgan fingerprint density at radius 3 is 2.88 bits per heavy atom. The van der Waals surface area contributed by atoms with Crippen LogP contribution in [0.2, 0.25) is 0 Å². The Morgan fingerprint density at radius 1 is 1.53 bits per heavy atom. The van der Waals surface area contributed by atoms with Crippen molar-refractivity contribution in [2.24, 2.45) is 0 Å². The molecule has 1 fully saturated rings. The van der Waals surface area contributed by atoms with Crippen molar-refractivity contribution >= 4 is 11.8 Å². The normalized spacial score (nSPS) is 21.0. The number of allylic oxidation sites excluding steroid dienone is 1. The van der Waals surface area contributed by atoms with Crippen molar-refractivity contribution in [1.29, 1.82) is 0 Å². The maximum Gasteiger partial charge on any atom is 0.245 e. The van der Waals surface area contributed by atoms with Crippen molar-refractivity contribution in [3.05, 3.63) is 12.2 Å². The largest absolute Gasteiger partial charge is 0.340 e. The maximum atomic E-state index is 12.1. The molecule has 0 aromatic carbocycles. The number of nitrogens with zero attached hydrogens (tertiary/aromatic N) is 2. The highest BCUT2D eigenvalue weighted by Crippen LogP contribution is 2.17. The van der Waals surface area contributed by atoms with Crippen molar-refractivity contribution < 1.29 is 9.59 Å². The number of likely N-dealkylation sites (N-methyl/N-ethyl adjacent to an activating group) is 2. The molecule has 0 spiro atoms. The van der Waals surface area contributed by atoms with E-state index in [-0.39, 0.29) is 17.9 Å². The molecular weight excluding hydrogens is 216 g/mol. The van der Waals surface area contributed by atoms with Gasteiger partial charge < -0.3 is 9.80 Å². The maximum absolute atomic E-state index is 12.1. The van der Waals surface area contributed by atoms with E-state index in [1.54, 1.807) is 23.9 Å². The van der Waals surface area contributed by atoms with E-state index in [0.717, 1.165) is 19.3 Å². The van der Waals surface area contributed by atoms with Crippen LogP contribution in [0.15, 0.2) is 12.2 Å². The lowest BCUT2D eigenvalue weighted by Crippen LogP contribution is -2.50. The highest BCUT2D eigenvalue weighted by molar-refractivity contribution is 5.88. The first-order valence-electron chi connectivity index (χ1n) is 6.23. The number of likely N-dealkylation sites (tertiary alicyclic amines) is 1.